The molecule has 0 aliphatic carbocycles. The van der Waals surface area contributed by atoms with Crippen molar-refractivity contribution in [1.29, 1.82) is 0 Å². The molecule has 2 rings (SSSR count). The van der Waals surface area contributed by atoms with E-state index in [0.717, 1.165) is 31.6 Å². The second kappa shape index (κ2) is 6.88. The first kappa shape index (κ1) is 15.0. The van der Waals surface area contributed by atoms with Gasteiger partial charge in [0.1, 0.15) is 0 Å². The molecule has 1 aromatic heterocycles. The van der Waals surface area contributed by atoms with E-state index in [4.69, 9.17) is 4.74 Å². The van der Waals surface area contributed by atoms with Crippen LogP contribution in [0.4, 0.5) is 0 Å². The molecule has 1 fully saturated rings. The second-order valence-corrected chi connectivity index (χ2v) is 5.85. The van der Waals surface area contributed by atoms with Crippen LogP contribution in [0.15, 0.2) is 6.20 Å². The lowest BCUT2D eigenvalue weighted by Gasteiger charge is -2.22. The van der Waals surface area contributed by atoms with Gasteiger partial charge in [-0.25, -0.2) is 0 Å². The van der Waals surface area contributed by atoms with Crippen molar-refractivity contribution < 1.29 is 9.53 Å². The molecule has 0 bridgehead atoms. The number of H-pyrrole nitrogens is 1. The fraction of sp³-hybridized carbons (Fsp3) is 0.733. The van der Waals surface area contributed by atoms with Gasteiger partial charge in [-0.15, -0.1) is 0 Å². The third-order valence-corrected chi connectivity index (χ3v) is 3.91. The van der Waals surface area contributed by atoms with Crippen LogP contribution in [0.3, 0.4) is 0 Å². The summed E-state index contributed by atoms with van der Waals surface area (Å²) in [5.74, 6) is 0.876. The van der Waals surface area contributed by atoms with Gasteiger partial charge < -0.3 is 10.1 Å². The molecule has 5 heteroatoms. The molecule has 1 aliphatic heterocycles. The summed E-state index contributed by atoms with van der Waals surface area (Å²) in [5.41, 5.74) is 1.60. The molecule has 0 unspecified atom stereocenters. The van der Waals surface area contributed by atoms with Gasteiger partial charge in [0.25, 0.3) is 5.91 Å². The minimum Gasteiger partial charge on any atom is -0.378 e. The summed E-state index contributed by atoms with van der Waals surface area (Å²) in [6.45, 7) is 7.90. The lowest BCUT2D eigenvalue weighted by atomic mass is 9.93. The Morgan fingerprint density at radius 1 is 1.60 bits per heavy atom. The predicted octanol–water partition coefficient (Wildman–Crippen LogP) is 2.15. The molecular formula is C15H25N3O2. The number of nitrogens with one attached hydrogen (secondary N) is 2. The normalized spacial score (nSPS) is 22.4. The van der Waals surface area contributed by atoms with E-state index in [1.54, 1.807) is 6.20 Å². The molecular weight excluding hydrogens is 254 g/mol. The quantitative estimate of drug-likeness (QED) is 0.838. The van der Waals surface area contributed by atoms with Crippen LogP contribution in [0.5, 0.6) is 0 Å². The average molecular weight is 279 g/mol. The van der Waals surface area contributed by atoms with Gasteiger partial charge >= 0.3 is 0 Å². The van der Waals surface area contributed by atoms with Crippen molar-refractivity contribution in [2.24, 2.45) is 11.8 Å². The van der Waals surface area contributed by atoms with Crippen molar-refractivity contribution >= 4 is 5.91 Å². The minimum absolute atomic E-state index is 0.0309. The highest BCUT2D eigenvalue weighted by atomic mass is 16.5. The zero-order valence-corrected chi connectivity index (χ0v) is 12.6. The highest BCUT2D eigenvalue weighted by molar-refractivity contribution is 5.95. The van der Waals surface area contributed by atoms with Crippen LogP contribution in [0.25, 0.3) is 0 Å². The molecule has 1 aromatic rings. The Balaban J connectivity index is 1.90. The van der Waals surface area contributed by atoms with Gasteiger partial charge in [0.2, 0.25) is 0 Å². The molecule has 2 atom stereocenters. The Labute approximate surface area is 120 Å². The van der Waals surface area contributed by atoms with E-state index >= 15 is 0 Å². The van der Waals surface area contributed by atoms with E-state index in [1.165, 1.54) is 0 Å². The topological polar surface area (TPSA) is 67.0 Å². The van der Waals surface area contributed by atoms with Gasteiger partial charge in [-0.2, -0.15) is 5.10 Å². The van der Waals surface area contributed by atoms with E-state index in [2.05, 4.69) is 36.3 Å². The highest BCUT2D eigenvalue weighted by Gasteiger charge is 2.31. The maximum absolute atomic E-state index is 12.2. The van der Waals surface area contributed by atoms with Crippen LogP contribution in [0.2, 0.25) is 0 Å². The molecule has 0 saturated carbocycles. The first-order valence-electron chi connectivity index (χ1n) is 7.55. The van der Waals surface area contributed by atoms with Gasteiger partial charge in [-0.3, -0.25) is 9.89 Å². The van der Waals surface area contributed by atoms with E-state index in [-0.39, 0.29) is 12.0 Å². The maximum Gasteiger partial charge on any atom is 0.254 e. The van der Waals surface area contributed by atoms with E-state index < -0.39 is 0 Å². The molecule has 1 saturated heterocycles. The molecule has 5 nitrogen and oxygen atoms in total. The van der Waals surface area contributed by atoms with Crippen LogP contribution < -0.4 is 5.32 Å². The van der Waals surface area contributed by atoms with Gasteiger partial charge in [0, 0.05) is 24.8 Å². The molecule has 112 valence electrons. The predicted molar refractivity (Wildman–Crippen MR) is 77.6 cm³/mol. The first-order valence-corrected chi connectivity index (χ1v) is 7.55. The van der Waals surface area contributed by atoms with Crippen molar-refractivity contribution in [2.75, 3.05) is 13.2 Å². The summed E-state index contributed by atoms with van der Waals surface area (Å²) in [5, 5.41) is 9.91. The van der Waals surface area contributed by atoms with Gasteiger partial charge in [0.05, 0.1) is 17.9 Å². The van der Waals surface area contributed by atoms with E-state index in [9.17, 15) is 4.79 Å². The van der Waals surface area contributed by atoms with E-state index in [1.807, 2.05) is 0 Å². The number of aromatic nitrogens is 2. The fourth-order valence-corrected chi connectivity index (χ4v) is 2.88. The monoisotopic (exact) mass is 279 g/mol. The molecule has 2 heterocycles. The Bertz CT molecular complexity index is 442. The highest BCUT2D eigenvalue weighted by Crippen LogP contribution is 2.26. The Morgan fingerprint density at radius 2 is 2.40 bits per heavy atom. The summed E-state index contributed by atoms with van der Waals surface area (Å²) in [7, 11) is 0. The first-order chi connectivity index (χ1) is 9.63. The van der Waals surface area contributed by atoms with Gasteiger partial charge in [0.15, 0.2) is 0 Å². The van der Waals surface area contributed by atoms with Crippen molar-refractivity contribution in [3.05, 3.63) is 17.5 Å². The molecule has 0 spiro atoms. The standard InChI is InChI=1S/C15H25N3O2/c1-4-5-13-12(9-17-18-13)15(19)16-8-11-6-7-20-14(11)10(2)3/h9-11,14H,4-8H2,1-3H3,(H,16,19)(H,17,18)/t11-,14-/m1/s1. The number of ether oxygens (including phenoxy) is 1. The lowest BCUT2D eigenvalue weighted by Crippen LogP contribution is -2.35. The molecule has 0 aromatic carbocycles. The van der Waals surface area contributed by atoms with Crippen molar-refractivity contribution in [1.82, 2.24) is 15.5 Å². The second-order valence-electron chi connectivity index (χ2n) is 5.85. The van der Waals surface area contributed by atoms with Crippen molar-refractivity contribution in [2.45, 2.75) is 46.1 Å². The molecule has 0 radical (unpaired) electrons. The van der Waals surface area contributed by atoms with Crippen molar-refractivity contribution in [3.8, 4) is 0 Å². The van der Waals surface area contributed by atoms with Crippen LogP contribution in [-0.2, 0) is 11.2 Å². The fourth-order valence-electron chi connectivity index (χ4n) is 2.88. The molecule has 2 N–H and O–H groups in total. The summed E-state index contributed by atoms with van der Waals surface area (Å²) >= 11 is 0. The summed E-state index contributed by atoms with van der Waals surface area (Å²) in [6.07, 6.45) is 4.75. The molecule has 1 aliphatic rings. The largest absolute Gasteiger partial charge is 0.378 e. The number of amides is 1. The number of hydrogen-bond donors (Lipinski definition) is 2. The van der Waals surface area contributed by atoms with Crippen LogP contribution in [0.1, 0.15) is 49.7 Å². The number of aromatic amines is 1. The van der Waals surface area contributed by atoms with E-state index in [0.29, 0.717) is 23.9 Å². The zero-order chi connectivity index (χ0) is 14.5. The number of carbonyl (C=O) groups is 1. The lowest BCUT2D eigenvalue weighted by molar-refractivity contribution is 0.0533. The van der Waals surface area contributed by atoms with Crippen LogP contribution >= 0.6 is 0 Å². The average Bonchev–Trinajstić information content (AvgIpc) is 3.04. The SMILES string of the molecule is CCCc1[nH]ncc1C(=O)NC[C@H]1CCO[C@@H]1C(C)C. The number of hydrogen-bond acceptors (Lipinski definition) is 3. The number of aryl methyl sites for hydroxylation is 1. The summed E-state index contributed by atoms with van der Waals surface area (Å²) in [4.78, 5) is 12.2. The summed E-state index contributed by atoms with van der Waals surface area (Å²) in [6, 6.07) is 0. The molecule has 1 amide bonds. The van der Waals surface area contributed by atoms with Gasteiger partial charge in [-0.05, 0) is 18.8 Å². The third kappa shape index (κ3) is 3.39. The van der Waals surface area contributed by atoms with Gasteiger partial charge in [-0.1, -0.05) is 27.2 Å². The minimum atomic E-state index is -0.0309. The Hall–Kier alpha value is -1.36. The Kier molecular flexibility index (Phi) is 5.17. The zero-order valence-electron chi connectivity index (χ0n) is 12.6. The smallest absolute Gasteiger partial charge is 0.254 e. The van der Waals surface area contributed by atoms with Crippen molar-refractivity contribution in [3.63, 3.8) is 0 Å². The number of nitrogens with zero attached hydrogens (tertiary/aromatic N) is 1. The molecule has 20 heavy (non-hydrogen) atoms. The number of carbonyl (C=O) groups excluding carboxylic acids is 1. The maximum atomic E-state index is 12.2. The number of rotatable bonds is 6. The van der Waals surface area contributed by atoms with Crippen LogP contribution in [-0.4, -0.2) is 35.4 Å². The third-order valence-electron chi connectivity index (χ3n) is 3.91. The Morgan fingerprint density at radius 3 is 3.10 bits per heavy atom. The summed E-state index contributed by atoms with van der Waals surface area (Å²) < 4.78 is 5.74. The van der Waals surface area contributed by atoms with Crippen LogP contribution in [0, 0.1) is 11.8 Å².